The summed E-state index contributed by atoms with van der Waals surface area (Å²) in [7, 11) is 0. The predicted octanol–water partition coefficient (Wildman–Crippen LogP) is 1.90. The molecule has 0 radical (unpaired) electrons. The molecule has 1 atom stereocenters. The van der Waals surface area contributed by atoms with Gasteiger partial charge in [-0.1, -0.05) is 0 Å². The smallest absolute Gasteiger partial charge is 0.217 e. The number of guanidine groups is 1. The van der Waals surface area contributed by atoms with Gasteiger partial charge in [-0.3, -0.25) is 4.79 Å². The largest absolute Gasteiger partial charge is 0.489 e. The molecular weight excluding hydrogens is 342 g/mol. The third kappa shape index (κ3) is 6.16. The number of benzene rings is 1. The van der Waals surface area contributed by atoms with Crippen molar-refractivity contribution in [2.45, 2.75) is 26.2 Å². The number of hydrogen-bond donors (Lipinski definition) is 2. The number of nitrogens with two attached hydrogens (primary N) is 1. The van der Waals surface area contributed by atoms with Crippen LogP contribution < -0.4 is 15.8 Å². The summed E-state index contributed by atoms with van der Waals surface area (Å²) in [6.45, 7) is 4.77. The zero-order valence-electron chi connectivity index (χ0n) is 15.0. The van der Waals surface area contributed by atoms with Gasteiger partial charge in [0.1, 0.15) is 12.4 Å². The zero-order chi connectivity index (χ0) is 18.9. The van der Waals surface area contributed by atoms with Gasteiger partial charge in [0.25, 0.3) is 0 Å². The van der Waals surface area contributed by atoms with Crippen LogP contribution in [0.5, 0.6) is 5.75 Å². The lowest BCUT2D eigenvalue weighted by molar-refractivity contribution is -0.119. The lowest BCUT2D eigenvalue weighted by Crippen LogP contribution is -2.47. The maximum atomic E-state index is 13.5. The first-order valence-electron chi connectivity index (χ1n) is 8.89. The fraction of sp³-hybridized carbons (Fsp3) is 0.556. The number of halogens is 2. The molecule has 144 valence electrons. The molecule has 8 heteroatoms. The molecule has 2 rings (SSSR count). The summed E-state index contributed by atoms with van der Waals surface area (Å²) in [6, 6.07) is 3.20. The van der Waals surface area contributed by atoms with E-state index in [1.165, 1.54) is 6.07 Å². The van der Waals surface area contributed by atoms with Gasteiger partial charge in [-0.15, -0.1) is 0 Å². The second-order valence-electron chi connectivity index (χ2n) is 6.28. The number of hydrogen-bond acceptors (Lipinski definition) is 3. The van der Waals surface area contributed by atoms with Crippen LogP contribution in [0.2, 0.25) is 0 Å². The van der Waals surface area contributed by atoms with Crippen LogP contribution in [0.3, 0.4) is 0 Å². The third-order valence-electron chi connectivity index (χ3n) is 4.15. The number of nitrogens with zero attached hydrogens (tertiary/aromatic N) is 2. The molecule has 0 bridgehead atoms. The second-order valence-corrected chi connectivity index (χ2v) is 6.28. The van der Waals surface area contributed by atoms with Crippen LogP contribution >= 0.6 is 0 Å². The van der Waals surface area contributed by atoms with E-state index < -0.39 is 11.6 Å². The Kier molecular flexibility index (Phi) is 7.62. The Bertz CT molecular complexity index is 640. The van der Waals surface area contributed by atoms with Gasteiger partial charge in [0.15, 0.2) is 17.5 Å². The minimum atomic E-state index is -0.730. The number of piperidine rings is 1. The summed E-state index contributed by atoms with van der Waals surface area (Å²) in [4.78, 5) is 17.8. The maximum absolute atomic E-state index is 13.5. The molecule has 1 fully saturated rings. The Morgan fingerprint density at radius 3 is 2.96 bits per heavy atom. The molecule has 1 aliphatic rings. The number of likely N-dealkylation sites (tertiary alicyclic amines) is 1. The highest BCUT2D eigenvalue weighted by Crippen LogP contribution is 2.20. The van der Waals surface area contributed by atoms with Crippen LogP contribution in [-0.4, -0.2) is 49.6 Å². The molecule has 1 aromatic carbocycles. The molecule has 0 spiro atoms. The van der Waals surface area contributed by atoms with Crippen molar-refractivity contribution >= 4 is 11.9 Å². The molecule has 1 aromatic rings. The van der Waals surface area contributed by atoms with Crippen molar-refractivity contribution in [1.29, 1.82) is 0 Å². The number of carbonyl (C=O) groups excluding carboxylic acids is 1. The average molecular weight is 368 g/mol. The number of carbonyl (C=O) groups is 1. The molecule has 1 aliphatic heterocycles. The zero-order valence-corrected chi connectivity index (χ0v) is 15.0. The number of aliphatic imine (C=N–C) groups is 1. The second kappa shape index (κ2) is 9.94. The molecule has 1 unspecified atom stereocenters. The van der Waals surface area contributed by atoms with E-state index in [4.69, 9.17) is 10.5 Å². The van der Waals surface area contributed by atoms with Gasteiger partial charge >= 0.3 is 0 Å². The summed E-state index contributed by atoms with van der Waals surface area (Å²) in [5.74, 6) is -0.678. The molecule has 0 saturated carbocycles. The summed E-state index contributed by atoms with van der Waals surface area (Å²) in [5, 5.41) is 3.22. The highest BCUT2D eigenvalue weighted by Gasteiger charge is 2.23. The van der Waals surface area contributed by atoms with E-state index in [0.717, 1.165) is 44.0 Å². The Morgan fingerprint density at radius 1 is 1.46 bits per heavy atom. The minimum Gasteiger partial charge on any atom is -0.489 e. The molecule has 1 heterocycles. The van der Waals surface area contributed by atoms with Crippen LogP contribution in [0.4, 0.5) is 8.78 Å². The normalized spacial score (nSPS) is 17.9. The monoisotopic (exact) mass is 368 g/mol. The van der Waals surface area contributed by atoms with Gasteiger partial charge in [-0.05, 0) is 37.8 Å². The van der Waals surface area contributed by atoms with E-state index in [0.29, 0.717) is 19.5 Å². The van der Waals surface area contributed by atoms with Crippen molar-refractivity contribution in [2.75, 3.05) is 32.8 Å². The fourth-order valence-corrected chi connectivity index (χ4v) is 3.03. The van der Waals surface area contributed by atoms with Gasteiger partial charge in [0, 0.05) is 32.1 Å². The van der Waals surface area contributed by atoms with Crippen LogP contribution in [-0.2, 0) is 4.79 Å². The van der Waals surface area contributed by atoms with Crippen molar-refractivity contribution in [1.82, 2.24) is 10.2 Å². The van der Waals surface area contributed by atoms with Crippen molar-refractivity contribution in [2.24, 2.45) is 16.6 Å². The summed E-state index contributed by atoms with van der Waals surface area (Å²) < 4.78 is 31.7. The Hall–Kier alpha value is -2.38. The van der Waals surface area contributed by atoms with E-state index in [-0.39, 0.29) is 24.2 Å². The average Bonchev–Trinajstić information content (AvgIpc) is 2.59. The molecule has 3 N–H and O–H groups in total. The fourth-order valence-electron chi connectivity index (χ4n) is 3.03. The highest BCUT2D eigenvalue weighted by molar-refractivity contribution is 5.80. The van der Waals surface area contributed by atoms with E-state index >= 15 is 0 Å². The molecule has 1 saturated heterocycles. The van der Waals surface area contributed by atoms with Crippen LogP contribution in [0.1, 0.15) is 26.2 Å². The number of ether oxygens (including phenoxy) is 1. The van der Waals surface area contributed by atoms with E-state index in [1.54, 1.807) is 0 Å². The van der Waals surface area contributed by atoms with E-state index in [1.807, 2.05) is 6.92 Å². The lowest BCUT2D eigenvalue weighted by Gasteiger charge is -2.34. The van der Waals surface area contributed by atoms with Gasteiger partial charge in [0.2, 0.25) is 5.91 Å². The summed E-state index contributed by atoms with van der Waals surface area (Å²) in [6.07, 6.45) is 2.33. The van der Waals surface area contributed by atoms with Crippen LogP contribution in [0.25, 0.3) is 0 Å². The first-order valence-corrected chi connectivity index (χ1v) is 8.89. The lowest BCUT2D eigenvalue weighted by atomic mass is 9.95. The van der Waals surface area contributed by atoms with Crippen molar-refractivity contribution in [3.8, 4) is 5.75 Å². The molecule has 6 nitrogen and oxygen atoms in total. The minimum absolute atomic E-state index is 0.00564. The molecule has 1 amide bonds. The van der Waals surface area contributed by atoms with Gasteiger partial charge < -0.3 is 20.7 Å². The van der Waals surface area contributed by atoms with Gasteiger partial charge in [0.05, 0.1) is 6.54 Å². The quantitative estimate of drug-likeness (QED) is 0.438. The van der Waals surface area contributed by atoms with Crippen molar-refractivity contribution < 1.29 is 18.3 Å². The van der Waals surface area contributed by atoms with Crippen LogP contribution in [0, 0.1) is 17.6 Å². The number of nitrogens with one attached hydrogen (secondary N) is 1. The first kappa shape index (κ1) is 19.9. The number of primary amides is 1. The Morgan fingerprint density at radius 2 is 2.27 bits per heavy atom. The first-order chi connectivity index (χ1) is 12.5. The predicted molar refractivity (Wildman–Crippen MR) is 95.9 cm³/mol. The third-order valence-corrected chi connectivity index (χ3v) is 4.15. The Balaban J connectivity index is 1.90. The maximum Gasteiger partial charge on any atom is 0.217 e. The molecule has 26 heavy (non-hydrogen) atoms. The number of amides is 1. The summed E-state index contributed by atoms with van der Waals surface area (Å²) in [5.41, 5.74) is 5.30. The molecule has 0 aromatic heterocycles. The summed E-state index contributed by atoms with van der Waals surface area (Å²) >= 11 is 0. The van der Waals surface area contributed by atoms with E-state index in [9.17, 15) is 13.6 Å². The topological polar surface area (TPSA) is 80.0 Å². The number of rotatable bonds is 7. The van der Waals surface area contributed by atoms with Gasteiger partial charge in [-0.2, -0.15) is 0 Å². The van der Waals surface area contributed by atoms with Crippen molar-refractivity contribution in [3.63, 3.8) is 0 Å². The highest BCUT2D eigenvalue weighted by atomic mass is 19.1. The SMILES string of the molecule is CCNC(=NCCOc1ccc(F)cc1F)N1CCCC(CC(N)=O)C1. The van der Waals surface area contributed by atoms with Gasteiger partial charge in [-0.25, -0.2) is 13.8 Å². The van der Waals surface area contributed by atoms with Crippen LogP contribution in [0.15, 0.2) is 23.2 Å². The Labute approximate surface area is 152 Å². The standard InChI is InChI=1S/C18H26F2N4O2/c1-2-22-18(24-8-3-4-13(12-24)10-17(21)25)23-7-9-26-16-6-5-14(19)11-15(16)20/h5-6,11,13H,2-4,7-10,12H2,1H3,(H2,21,25)(H,22,23). The van der Waals surface area contributed by atoms with Crippen molar-refractivity contribution in [3.05, 3.63) is 29.8 Å². The molecule has 0 aliphatic carbocycles. The van der Waals surface area contributed by atoms with E-state index in [2.05, 4.69) is 15.2 Å². The molecular formula is C18H26F2N4O2.